The van der Waals surface area contributed by atoms with Crippen molar-refractivity contribution in [3.63, 3.8) is 0 Å². The third-order valence-electron chi connectivity index (χ3n) is 11.5. The first-order valence-electron chi connectivity index (χ1n) is 18.9. The molecule has 55 heavy (non-hydrogen) atoms. The molecule has 10 aromatic rings. The fourth-order valence-corrected chi connectivity index (χ4v) is 9.24. The van der Waals surface area contributed by atoms with Gasteiger partial charge in [0.15, 0.2) is 5.82 Å². The van der Waals surface area contributed by atoms with Crippen molar-refractivity contribution in [2.45, 2.75) is 5.41 Å². The highest BCUT2D eigenvalue weighted by molar-refractivity contribution is 6.21. The normalized spacial score (nSPS) is 12.9. The van der Waals surface area contributed by atoms with E-state index < -0.39 is 5.41 Å². The lowest BCUT2D eigenvalue weighted by atomic mass is 9.66. The molecule has 0 amide bonds. The Labute approximate surface area is 320 Å². The van der Waals surface area contributed by atoms with E-state index in [-0.39, 0.29) is 0 Å². The molecule has 2 heteroatoms. The molecule has 0 saturated carbocycles. The highest BCUT2D eigenvalue weighted by Crippen LogP contribution is 2.58. The molecule has 0 unspecified atom stereocenters. The van der Waals surface area contributed by atoms with E-state index in [1.54, 1.807) is 0 Å². The highest BCUT2D eigenvalue weighted by Gasteiger charge is 2.47. The molecular weight excluding hydrogens is 665 g/mol. The molecule has 0 aliphatic heterocycles. The standard InChI is InChI=1S/C53H34N2/c1-4-18-36(19-5-1)47-34-48(55-52(54-47)50-42-26-13-11-20-37(42)33-38-32-31-35-17-10-12-25-41(35)49(38)50)45-29-16-28-44-43-27-14-15-30-46(43)53(51(44)45,39-21-6-2-7-22-39)40-23-8-3-9-24-40/h1-34H. The van der Waals surface area contributed by atoms with Gasteiger partial charge in [0, 0.05) is 22.1 Å². The van der Waals surface area contributed by atoms with Gasteiger partial charge in [0.1, 0.15) is 0 Å². The molecule has 0 bridgehead atoms. The van der Waals surface area contributed by atoms with Gasteiger partial charge in [-0.2, -0.15) is 0 Å². The molecule has 9 aromatic carbocycles. The Morgan fingerprint density at radius 3 is 1.69 bits per heavy atom. The average molecular weight is 699 g/mol. The Hall–Kier alpha value is -7.16. The summed E-state index contributed by atoms with van der Waals surface area (Å²) in [5, 5.41) is 7.03. The van der Waals surface area contributed by atoms with Crippen LogP contribution < -0.4 is 0 Å². The molecular formula is C53H34N2. The first kappa shape index (κ1) is 31.4. The minimum Gasteiger partial charge on any atom is -0.228 e. The third-order valence-corrected chi connectivity index (χ3v) is 11.5. The lowest BCUT2D eigenvalue weighted by molar-refractivity contribution is 0.770. The maximum Gasteiger partial charge on any atom is 0.161 e. The summed E-state index contributed by atoms with van der Waals surface area (Å²) in [5.74, 6) is 0.715. The lowest BCUT2D eigenvalue weighted by Crippen LogP contribution is -2.29. The molecule has 0 atom stereocenters. The van der Waals surface area contributed by atoms with Crippen molar-refractivity contribution in [3.05, 3.63) is 229 Å². The molecule has 1 heterocycles. The van der Waals surface area contributed by atoms with Gasteiger partial charge in [0.2, 0.25) is 0 Å². The minimum absolute atomic E-state index is 0.578. The molecule has 256 valence electrons. The van der Waals surface area contributed by atoms with Gasteiger partial charge >= 0.3 is 0 Å². The van der Waals surface area contributed by atoms with E-state index in [2.05, 4.69) is 206 Å². The van der Waals surface area contributed by atoms with Crippen LogP contribution in [0.4, 0.5) is 0 Å². The largest absolute Gasteiger partial charge is 0.228 e. The van der Waals surface area contributed by atoms with Crippen LogP contribution >= 0.6 is 0 Å². The van der Waals surface area contributed by atoms with E-state index in [4.69, 9.17) is 9.97 Å². The van der Waals surface area contributed by atoms with Crippen LogP contribution in [0.1, 0.15) is 22.3 Å². The SMILES string of the molecule is c1ccc(-c2cc(-c3cccc4c3C(c3ccccc3)(c3ccccc3)c3ccccc3-4)nc(-c3c4ccccc4cc4ccc5ccccc5c34)n2)cc1. The van der Waals surface area contributed by atoms with Gasteiger partial charge in [-0.3, -0.25) is 0 Å². The smallest absolute Gasteiger partial charge is 0.161 e. The van der Waals surface area contributed by atoms with Crippen molar-refractivity contribution in [1.82, 2.24) is 9.97 Å². The molecule has 11 rings (SSSR count). The minimum atomic E-state index is -0.578. The van der Waals surface area contributed by atoms with Gasteiger partial charge in [-0.1, -0.05) is 194 Å². The summed E-state index contributed by atoms with van der Waals surface area (Å²) >= 11 is 0. The molecule has 0 radical (unpaired) electrons. The zero-order chi connectivity index (χ0) is 36.3. The molecule has 1 aliphatic carbocycles. The highest BCUT2D eigenvalue weighted by atomic mass is 14.9. The van der Waals surface area contributed by atoms with E-state index in [1.807, 2.05) is 0 Å². The lowest BCUT2D eigenvalue weighted by Gasteiger charge is -2.35. The number of hydrogen-bond donors (Lipinski definition) is 0. The van der Waals surface area contributed by atoms with Crippen LogP contribution in [0.3, 0.4) is 0 Å². The van der Waals surface area contributed by atoms with Crippen molar-refractivity contribution in [2.24, 2.45) is 0 Å². The van der Waals surface area contributed by atoms with Gasteiger partial charge in [-0.25, -0.2) is 9.97 Å². The molecule has 2 nitrogen and oxygen atoms in total. The molecule has 0 fully saturated rings. The molecule has 0 saturated heterocycles. The Morgan fingerprint density at radius 1 is 0.364 bits per heavy atom. The van der Waals surface area contributed by atoms with Crippen molar-refractivity contribution < 1.29 is 0 Å². The third kappa shape index (κ3) is 4.75. The van der Waals surface area contributed by atoms with Gasteiger partial charge in [0.05, 0.1) is 16.8 Å². The second kappa shape index (κ2) is 12.5. The zero-order valence-electron chi connectivity index (χ0n) is 30.0. The van der Waals surface area contributed by atoms with Crippen LogP contribution in [0.25, 0.3) is 77.3 Å². The summed E-state index contributed by atoms with van der Waals surface area (Å²) in [6.07, 6.45) is 0. The van der Waals surface area contributed by atoms with Gasteiger partial charge in [-0.05, 0) is 72.4 Å². The van der Waals surface area contributed by atoms with Gasteiger partial charge in [-0.15, -0.1) is 0 Å². The van der Waals surface area contributed by atoms with Crippen LogP contribution in [0, 0.1) is 0 Å². The second-order valence-electron chi connectivity index (χ2n) is 14.4. The summed E-state index contributed by atoms with van der Waals surface area (Å²) in [4.78, 5) is 11.2. The maximum absolute atomic E-state index is 5.69. The van der Waals surface area contributed by atoms with Crippen LogP contribution in [-0.4, -0.2) is 9.97 Å². The number of rotatable bonds is 5. The predicted octanol–water partition coefficient (Wildman–Crippen LogP) is 13.3. The Balaban J connectivity index is 1.29. The number of benzene rings is 9. The van der Waals surface area contributed by atoms with Gasteiger partial charge < -0.3 is 0 Å². The van der Waals surface area contributed by atoms with Crippen LogP contribution in [-0.2, 0) is 5.41 Å². The number of hydrogen-bond acceptors (Lipinski definition) is 2. The van der Waals surface area contributed by atoms with E-state index in [0.717, 1.165) is 33.5 Å². The molecule has 0 spiro atoms. The first-order chi connectivity index (χ1) is 27.3. The molecule has 1 aliphatic rings. The van der Waals surface area contributed by atoms with Crippen molar-refractivity contribution in [3.8, 4) is 45.0 Å². The summed E-state index contributed by atoms with van der Waals surface area (Å²) in [5.41, 5.74) is 11.8. The molecule has 1 aromatic heterocycles. The monoisotopic (exact) mass is 698 g/mol. The number of nitrogens with zero attached hydrogens (tertiary/aromatic N) is 2. The number of aromatic nitrogens is 2. The zero-order valence-corrected chi connectivity index (χ0v) is 30.0. The topological polar surface area (TPSA) is 25.8 Å². The number of fused-ring (bicyclic) bond motifs is 7. The Kier molecular flexibility index (Phi) is 7.11. The summed E-state index contributed by atoms with van der Waals surface area (Å²) in [6.45, 7) is 0. The van der Waals surface area contributed by atoms with E-state index in [0.29, 0.717) is 5.82 Å². The van der Waals surface area contributed by atoms with Gasteiger partial charge in [0.25, 0.3) is 0 Å². The van der Waals surface area contributed by atoms with Crippen molar-refractivity contribution >= 4 is 32.3 Å². The molecule has 0 N–H and O–H groups in total. The van der Waals surface area contributed by atoms with Crippen molar-refractivity contribution in [1.29, 1.82) is 0 Å². The fraction of sp³-hybridized carbons (Fsp3) is 0.0189. The van der Waals surface area contributed by atoms with Crippen molar-refractivity contribution in [2.75, 3.05) is 0 Å². The second-order valence-corrected chi connectivity index (χ2v) is 14.4. The quantitative estimate of drug-likeness (QED) is 0.132. The van der Waals surface area contributed by atoms with E-state index in [9.17, 15) is 0 Å². The van der Waals surface area contributed by atoms with Crippen LogP contribution in [0.15, 0.2) is 206 Å². The van der Waals surface area contributed by atoms with E-state index >= 15 is 0 Å². The summed E-state index contributed by atoms with van der Waals surface area (Å²) in [7, 11) is 0. The average Bonchev–Trinajstić information content (AvgIpc) is 3.57. The van der Waals surface area contributed by atoms with Crippen LogP contribution in [0.5, 0.6) is 0 Å². The Morgan fingerprint density at radius 2 is 0.927 bits per heavy atom. The van der Waals surface area contributed by atoms with Crippen LogP contribution in [0.2, 0.25) is 0 Å². The first-order valence-corrected chi connectivity index (χ1v) is 18.9. The summed E-state index contributed by atoms with van der Waals surface area (Å²) < 4.78 is 0. The maximum atomic E-state index is 5.69. The predicted molar refractivity (Wildman–Crippen MR) is 228 cm³/mol. The summed E-state index contributed by atoms with van der Waals surface area (Å²) in [6, 6.07) is 74.5. The van der Waals surface area contributed by atoms with E-state index in [1.165, 1.54) is 60.3 Å². The Bertz CT molecular complexity index is 3040. The fourth-order valence-electron chi connectivity index (χ4n) is 9.24.